The molecule has 2 rings (SSSR count). The zero-order valence-electron chi connectivity index (χ0n) is 11.1. The summed E-state index contributed by atoms with van der Waals surface area (Å²) in [6, 6.07) is 11.7. The molecule has 0 fully saturated rings. The Hall–Kier alpha value is -1.39. The lowest BCUT2D eigenvalue weighted by Crippen LogP contribution is -2.12. The van der Waals surface area contributed by atoms with Crippen LogP contribution in [-0.2, 0) is 6.54 Å². The Bertz CT molecular complexity index is 558. The van der Waals surface area contributed by atoms with Gasteiger partial charge in [-0.1, -0.05) is 28.9 Å². The zero-order valence-corrected chi connectivity index (χ0v) is 12.7. The average molecular weight is 321 g/mol. The van der Waals surface area contributed by atoms with Crippen molar-refractivity contribution in [2.45, 2.75) is 20.4 Å². The van der Waals surface area contributed by atoms with E-state index in [9.17, 15) is 0 Å². The van der Waals surface area contributed by atoms with Crippen LogP contribution in [-0.4, -0.2) is 11.5 Å². The zero-order chi connectivity index (χ0) is 13.7. The minimum Gasteiger partial charge on any atom is -0.439 e. The van der Waals surface area contributed by atoms with Crippen LogP contribution in [0.3, 0.4) is 0 Å². The Morgan fingerprint density at radius 3 is 2.84 bits per heavy atom. The summed E-state index contributed by atoms with van der Waals surface area (Å²) in [6.45, 7) is 5.79. The SMILES string of the molecule is CCNCc1cccc(Oc2ccc(Br)c(C)c2)n1. The minimum atomic E-state index is 0.622. The lowest BCUT2D eigenvalue weighted by atomic mass is 10.2. The maximum absolute atomic E-state index is 5.78. The Morgan fingerprint density at radius 1 is 1.26 bits per heavy atom. The molecule has 19 heavy (non-hydrogen) atoms. The van der Waals surface area contributed by atoms with Gasteiger partial charge < -0.3 is 10.1 Å². The monoisotopic (exact) mass is 320 g/mol. The van der Waals surface area contributed by atoms with Crippen molar-refractivity contribution in [3.8, 4) is 11.6 Å². The first kappa shape index (κ1) is 14.0. The Labute approximate surface area is 122 Å². The number of ether oxygens (including phenoxy) is 1. The van der Waals surface area contributed by atoms with E-state index in [0.29, 0.717) is 5.88 Å². The van der Waals surface area contributed by atoms with Gasteiger partial charge in [0.05, 0.1) is 5.69 Å². The van der Waals surface area contributed by atoms with E-state index in [2.05, 4.69) is 33.2 Å². The molecule has 0 saturated carbocycles. The van der Waals surface area contributed by atoms with E-state index in [1.54, 1.807) is 0 Å². The van der Waals surface area contributed by atoms with Gasteiger partial charge in [-0.3, -0.25) is 0 Å². The number of hydrogen-bond donors (Lipinski definition) is 1. The molecular weight excluding hydrogens is 304 g/mol. The maximum Gasteiger partial charge on any atom is 0.219 e. The second kappa shape index (κ2) is 6.68. The maximum atomic E-state index is 5.78. The second-order valence-corrected chi connectivity index (χ2v) is 5.11. The average Bonchev–Trinajstić information content (AvgIpc) is 2.41. The van der Waals surface area contributed by atoms with Crippen molar-refractivity contribution in [2.75, 3.05) is 6.54 Å². The van der Waals surface area contributed by atoms with E-state index in [1.165, 1.54) is 0 Å². The fourth-order valence-corrected chi connectivity index (χ4v) is 1.91. The van der Waals surface area contributed by atoms with Crippen LogP contribution in [0.15, 0.2) is 40.9 Å². The minimum absolute atomic E-state index is 0.622. The van der Waals surface area contributed by atoms with Crippen molar-refractivity contribution in [3.63, 3.8) is 0 Å². The highest BCUT2D eigenvalue weighted by Crippen LogP contribution is 2.25. The van der Waals surface area contributed by atoms with Gasteiger partial charge in [-0.15, -0.1) is 0 Å². The van der Waals surface area contributed by atoms with Gasteiger partial charge in [0.1, 0.15) is 5.75 Å². The summed E-state index contributed by atoms with van der Waals surface area (Å²) in [5.74, 6) is 1.42. The van der Waals surface area contributed by atoms with Crippen molar-refractivity contribution < 1.29 is 4.74 Å². The van der Waals surface area contributed by atoms with Gasteiger partial charge in [0.25, 0.3) is 0 Å². The molecule has 0 unspecified atom stereocenters. The molecule has 0 atom stereocenters. The van der Waals surface area contributed by atoms with E-state index in [-0.39, 0.29) is 0 Å². The molecule has 0 spiro atoms. The first-order valence-electron chi connectivity index (χ1n) is 6.29. The molecule has 0 amide bonds. The highest BCUT2D eigenvalue weighted by molar-refractivity contribution is 9.10. The van der Waals surface area contributed by atoms with Crippen LogP contribution in [0.1, 0.15) is 18.2 Å². The van der Waals surface area contributed by atoms with Crippen LogP contribution in [0.25, 0.3) is 0 Å². The molecule has 0 aliphatic carbocycles. The summed E-state index contributed by atoms with van der Waals surface area (Å²) < 4.78 is 6.85. The summed E-state index contributed by atoms with van der Waals surface area (Å²) in [5, 5.41) is 3.25. The number of benzene rings is 1. The van der Waals surface area contributed by atoms with E-state index in [0.717, 1.165) is 34.6 Å². The summed E-state index contributed by atoms with van der Waals surface area (Å²) in [6.07, 6.45) is 0. The number of pyridine rings is 1. The molecular formula is C15H17BrN2O. The molecule has 2 aromatic rings. The van der Waals surface area contributed by atoms with E-state index in [4.69, 9.17) is 4.74 Å². The Kier molecular flexibility index (Phi) is 4.93. The highest BCUT2D eigenvalue weighted by atomic mass is 79.9. The van der Waals surface area contributed by atoms with Gasteiger partial charge in [-0.25, -0.2) is 4.98 Å². The van der Waals surface area contributed by atoms with Crippen LogP contribution >= 0.6 is 15.9 Å². The lowest BCUT2D eigenvalue weighted by molar-refractivity contribution is 0.459. The first-order chi connectivity index (χ1) is 9.19. The fourth-order valence-electron chi connectivity index (χ4n) is 1.67. The lowest BCUT2D eigenvalue weighted by Gasteiger charge is -2.08. The second-order valence-electron chi connectivity index (χ2n) is 4.26. The molecule has 0 bridgehead atoms. The molecule has 1 aromatic heterocycles. The molecule has 100 valence electrons. The van der Waals surface area contributed by atoms with Gasteiger partial charge in [-0.05, 0) is 43.3 Å². The molecule has 0 radical (unpaired) electrons. The largest absolute Gasteiger partial charge is 0.439 e. The van der Waals surface area contributed by atoms with Gasteiger partial charge in [0.15, 0.2) is 0 Å². The number of nitrogens with zero attached hydrogens (tertiary/aromatic N) is 1. The molecule has 4 heteroatoms. The molecule has 0 aliphatic heterocycles. The van der Waals surface area contributed by atoms with Gasteiger partial charge >= 0.3 is 0 Å². The fraction of sp³-hybridized carbons (Fsp3) is 0.267. The van der Waals surface area contributed by atoms with Gasteiger partial charge in [0.2, 0.25) is 5.88 Å². The van der Waals surface area contributed by atoms with Crippen molar-refractivity contribution >= 4 is 15.9 Å². The predicted molar refractivity (Wildman–Crippen MR) is 80.6 cm³/mol. The summed E-state index contributed by atoms with van der Waals surface area (Å²) in [5.41, 5.74) is 2.12. The number of rotatable bonds is 5. The molecule has 1 aromatic carbocycles. The molecule has 1 N–H and O–H groups in total. The third-order valence-corrected chi connectivity index (χ3v) is 3.58. The highest BCUT2D eigenvalue weighted by Gasteiger charge is 2.02. The molecule has 0 aliphatic rings. The topological polar surface area (TPSA) is 34.1 Å². The number of hydrogen-bond acceptors (Lipinski definition) is 3. The number of nitrogens with one attached hydrogen (secondary N) is 1. The molecule has 1 heterocycles. The van der Waals surface area contributed by atoms with E-state index in [1.807, 2.05) is 43.3 Å². The van der Waals surface area contributed by atoms with Crippen LogP contribution in [0.2, 0.25) is 0 Å². The summed E-state index contributed by atoms with van der Waals surface area (Å²) in [4.78, 5) is 4.46. The first-order valence-corrected chi connectivity index (χ1v) is 7.09. The van der Waals surface area contributed by atoms with E-state index < -0.39 is 0 Å². The van der Waals surface area contributed by atoms with Crippen LogP contribution in [0, 0.1) is 6.92 Å². The quantitative estimate of drug-likeness (QED) is 0.902. The van der Waals surface area contributed by atoms with Crippen LogP contribution in [0.5, 0.6) is 11.6 Å². The standard InChI is InChI=1S/C15H17BrN2O/c1-3-17-10-12-5-4-6-15(18-12)19-13-7-8-14(16)11(2)9-13/h4-9,17H,3,10H2,1-2H3. The van der Waals surface area contributed by atoms with Gasteiger partial charge in [-0.2, -0.15) is 0 Å². The van der Waals surface area contributed by atoms with E-state index >= 15 is 0 Å². The Morgan fingerprint density at radius 2 is 2.11 bits per heavy atom. The normalized spacial score (nSPS) is 10.5. The number of halogens is 1. The molecule has 3 nitrogen and oxygen atoms in total. The molecule has 0 saturated heterocycles. The number of aromatic nitrogens is 1. The van der Waals surface area contributed by atoms with Crippen molar-refractivity contribution in [2.24, 2.45) is 0 Å². The summed E-state index contributed by atoms with van der Waals surface area (Å²) in [7, 11) is 0. The van der Waals surface area contributed by atoms with Crippen LogP contribution in [0.4, 0.5) is 0 Å². The summed E-state index contributed by atoms with van der Waals surface area (Å²) >= 11 is 3.48. The Balaban J connectivity index is 2.11. The number of aryl methyl sites for hydroxylation is 1. The van der Waals surface area contributed by atoms with Crippen molar-refractivity contribution in [3.05, 3.63) is 52.1 Å². The van der Waals surface area contributed by atoms with Crippen LogP contribution < -0.4 is 10.1 Å². The smallest absolute Gasteiger partial charge is 0.219 e. The predicted octanol–water partition coefficient (Wildman–Crippen LogP) is 4.05. The third kappa shape index (κ3) is 4.04. The van der Waals surface area contributed by atoms with Gasteiger partial charge in [0, 0.05) is 17.1 Å². The van der Waals surface area contributed by atoms with Crippen molar-refractivity contribution in [1.82, 2.24) is 10.3 Å². The van der Waals surface area contributed by atoms with Crippen molar-refractivity contribution in [1.29, 1.82) is 0 Å². The third-order valence-electron chi connectivity index (χ3n) is 2.69.